The topological polar surface area (TPSA) is 87.4 Å². The van der Waals surface area contributed by atoms with Gasteiger partial charge in [-0.25, -0.2) is 18.7 Å². The van der Waals surface area contributed by atoms with Gasteiger partial charge in [0.1, 0.15) is 18.3 Å². The third kappa shape index (κ3) is 5.66. The van der Waals surface area contributed by atoms with Crippen LogP contribution in [0.5, 0.6) is 0 Å². The third-order valence-corrected chi connectivity index (χ3v) is 6.65. The second kappa shape index (κ2) is 10.5. The molecule has 36 heavy (non-hydrogen) atoms. The van der Waals surface area contributed by atoms with E-state index in [1.165, 1.54) is 4.90 Å². The van der Waals surface area contributed by atoms with Crippen molar-refractivity contribution in [3.05, 3.63) is 47.3 Å². The number of rotatable bonds is 7. The number of anilines is 2. The quantitative estimate of drug-likeness (QED) is 0.547. The van der Waals surface area contributed by atoms with Gasteiger partial charge >= 0.3 is 6.18 Å². The van der Waals surface area contributed by atoms with Crippen molar-refractivity contribution < 1.29 is 31.1 Å². The fourth-order valence-corrected chi connectivity index (χ4v) is 4.84. The van der Waals surface area contributed by atoms with Gasteiger partial charge in [0.15, 0.2) is 11.6 Å². The van der Waals surface area contributed by atoms with E-state index in [0.29, 0.717) is 38.4 Å². The molecule has 7 nitrogen and oxygen atoms in total. The van der Waals surface area contributed by atoms with Gasteiger partial charge in [-0.1, -0.05) is 6.07 Å². The molecule has 3 unspecified atom stereocenters. The summed E-state index contributed by atoms with van der Waals surface area (Å²) >= 11 is 0. The van der Waals surface area contributed by atoms with Gasteiger partial charge in [0.25, 0.3) is 0 Å². The molecule has 0 aliphatic carbocycles. The Kier molecular flexibility index (Phi) is 7.57. The Morgan fingerprint density at radius 1 is 1.17 bits per heavy atom. The van der Waals surface area contributed by atoms with Gasteiger partial charge < -0.3 is 16.0 Å². The number of amides is 1. The van der Waals surface area contributed by atoms with Crippen molar-refractivity contribution in [1.29, 1.82) is 0 Å². The number of nitrogens with zero attached hydrogens (tertiary/aromatic N) is 4. The van der Waals surface area contributed by atoms with Crippen molar-refractivity contribution in [2.45, 2.75) is 37.7 Å². The second-order valence-electron chi connectivity index (χ2n) is 9.09. The van der Waals surface area contributed by atoms with E-state index in [9.17, 15) is 26.7 Å². The molecule has 2 fully saturated rings. The lowest BCUT2D eigenvalue weighted by molar-refractivity contribution is -0.137. The molecule has 196 valence electrons. The first-order valence-electron chi connectivity index (χ1n) is 11.6. The molecule has 0 spiro atoms. The van der Waals surface area contributed by atoms with Gasteiger partial charge in [0.05, 0.1) is 18.2 Å². The zero-order valence-electron chi connectivity index (χ0n) is 19.2. The molecule has 1 aromatic heterocycles. The van der Waals surface area contributed by atoms with E-state index in [1.807, 2.05) is 0 Å². The Morgan fingerprint density at radius 3 is 2.61 bits per heavy atom. The smallest absolute Gasteiger partial charge is 0.369 e. The van der Waals surface area contributed by atoms with Crippen molar-refractivity contribution in [2.24, 2.45) is 11.7 Å². The summed E-state index contributed by atoms with van der Waals surface area (Å²) < 4.78 is 83.3. The normalized spacial score (nSPS) is 23.2. The first kappa shape index (κ1) is 26.0. The highest BCUT2D eigenvalue weighted by Crippen LogP contribution is 2.40. The lowest BCUT2D eigenvalue weighted by atomic mass is 9.95. The minimum atomic E-state index is -4.68. The number of alkyl halides is 4. The Bertz CT molecular complexity index is 1100. The van der Waals surface area contributed by atoms with E-state index in [1.54, 1.807) is 4.90 Å². The number of hydrogen-bond donors (Lipinski definition) is 2. The van der Waals surface area contributed by atoms with Crippen LogP contribution < -0.4 is 16.0 Å². The van der Waals surface area contributed by atoms with Crippen molar-refractivity contribution >= 4 is 17.5 Å². The summed E-state index contributed by atoms with van der Waals surface area (Å²) in [5.41, 5.74) is 4.08. The van der Waals surface area contributed by atoms with Crippen molar-refractivity contribution in [3.63, 3.8) is 0 Å². The molecular weight excluding hydrogens is 490 g/mol. The molecular formula is C23H26F6N6O. The van der Waals surface area contributed by atoms with Gasteiger partial charge in [-0.15, -0.1) is 0 Å². The number of primary amides is 1. The van der Waals surface area contributed by atoms with Crippen LogP contribution in [-0.4, -0.2) is 59.7 Å². The van der Waals surface area contributed by atoms with Crippen LogP contribution in [0.2, 0.25) is 0 Å². The summed E-state index contributed by atoms with van der Waals surface area (Å²) in [6.45, 7) is 0.905. The maximum atomic E-state index is 15.4. The van der Waals surface area contributed by atoms with E-state index >= 15 is 4.39 Å². The maximum Gasteiger partial charge on any atom is 0.416 e. The van der Waals surface area contributed by atoms with Crippen molar-refractivity contribution in [2.75, 3.05) is 42.9 Å². The van der Waals surface area contributed by atoms with E-state index in [-0.39, 0.29) is 36.8 Å². The van der Waals surface area contributed by atoms with E-state index in [2.05, 4.69) is 15.3 Å². The fourth-order valence-electron chi connectivity index (χ4n) is 4.84. The summed E-state index contributed by atoms with van der Waals surface area (Å²) in [7, 11) is 0. The maximum absolute atomic E-state index is 15.4. The van der Waals surface area contributed by atoms with Crippen molar-refractivity contribution in [1.82, 2.24) is 14.9 Å². The number of likely N-dealkylation sites (tertiary alicyclic amines) is 1. The third-order valence-electron chi connectivity index (χ3n) is 6.65. The predicted molar refractivity (Wildman–Crippen MR) is 120 cm³/mol. The molecule has 3 atom stereocenters. The second-order valence-corrected chi connectivity index (χ2v) is 9.09. The van der Waals surface area contributed by atoms with Crippen LogP contribution in [0.25, 0.3) is 0 Å². The van der Waals surface area contributed by atoms with Crippen LogP contribution >= 0.6 is 0 Å². The molecule has 2 aliphatic heterocycles. The minimum absolute atomic E-state index is 0.0241. The Morgan fingerprint density at radius 2 is 1.94 bits per heavy atom. The molecule has 1 amide bonds. The van der Waals surface area contributed by atoms with Crippen LogP contribution in [0.4, 0.5) is 38.0 Å². The Balaban J connectivity index is 1.47. The molecule has 3 heterocycles. The molecule has 2 aliphatic rings. The first-order valence-corrected chi connectivity index (χ1v) is 11.6. The minimum Gasteiger partial charge on any atom is -0.369 e. The number of nitrogens with one attached hydrogen (secondary N) is 1. The highest BCUT2D eigenvalue weighted by atomic mass is 19.4. The predicted octanol–water partition coefficient (Wildman–Crippen LogP) is 3.67. The number of piperidine rings is 1. The number of carbonyl (C=O) groups excluding carboxylic acids is 1. The molecule has 0 radical (unpaired) electrons. The standard InChI is InChI=1S/C23H26F6N6O/c24-16-8-14(23(27,28)29)3-4-15(16)18-2-1-6-35(18)22-20(26)21(32-12-33-22)31-9-13-5-7-34(10-17(13)25)11-19(30)36/h3-4,8,12-13,17-18H,1-2,5-7,9-11H2,(H2,30,36)(H,31,32,33). The van der Waals surface area contributed by atoms with Gasteiger partial charge in [0.2, 0.25) is 11.7 Å². The average molecular weight is 516 g/mol. The number of carbonyl (C=O) groups is 1. The van der Waals surface area contributed by atoms with Gasteiger partial charge in [-0.05, 0) is 37.9 Å². The van der Waals surface area contributed by atoms with Crippen LogP contribution in [-0.2, 0) is 11.0 Å². The molecule has 1 aromatic carbocycles. The number of hydrogen-bond acceptors (Lipinski definition) is 6. The molecule has 4 rings (SSSR count). The summed E-state index contributed by atoms with van der Waals surface area (Å²) in [6.07, 6.45) is -3.40. The number of halogens is 6. The lowest BCUT2D eigenvalue weighted by Crippen LogP contribution is -2.46. The molecule has 0 bridgehead atoms. The summed E-state index contributed by atoms with van der Waals surface area (Å²) in [6, 6.07) is 1.62. The zero-order valence-corrected chi connectivity index (χ0v) is 19.2. The molecule has 2 saturated heterocycles. The van der Waals surface area contributed by atoms with E-state index < -0.39 is 47.4 Å². The van der Waals surface area contributed by atoms with Crippen LogP contribution in [0.1, 0.15) is 36.4 Å². The fraction of sp³-hybridized carbons (Fsp3) is 0.522. The largest absolute Gasteiger partial charge is 0.416 e. The van der Waals surface area contributed by atoms with E-state index in [0.717, 1.165) is 18.5 Å². The highest BCUT2D eigenvalue weighted by Gasteiger charge is 2.35. The zero-order chi connectivity index (χ0) is 26.0. The average Bonchev–Trinajstić information content (AvgIpc) is 3.27. The summed E-state index contributed by atoms with van der Waals surface area (Å²) in [4.78, 5) is 22.1. The van der Waals surface area contributed by atoms with Gasteiger partial charge in [0, 0.05) is 31.1 Å². The van der Waals surface area contributed by atoms with Crippen LogP contribution in [0.3, 0.4) is 0 Å². The van der Waals surface area contributed by atoms with Gasteiger partial charge in [-0.2, -0.15) is 17.6 Å². The monoisotopic (exact) mass is 516 g/mol. The molecule has 2 aromatic rings. The number of benzene rings is 1. The molecule has 0 saturated carbocycles. The Labute approximate surface area is 203 Å². The molecule has 3 N–H and O–H groups in total. The van der Waals surface area contributed by atoms with Gasteiger partial charge in [-0.3, -0.25) is 9.69 Å². The van der Waals surface area contributed by atoms with E-state index in [4.69, 9.17) is 5.73 Å². The number of aromatic nitrogens is 2. The number of nitrogens with two attached hydrogens (primary N) is 1. The first-order chi connectivity index (χ1) is 17.0. The molecule has 13 heteroatoms. The van der Waals surface area contributed by atoms with Crippen LogP contribution in [0, 0.1) is 17.6 Å². The summed E-state index contributed by atoms with van der Waals surface area (Å²) in [5, 5.41) is 2.82. The SMILES string of the molecule is NC(=O)CN1CCC(CNc2ncnc(N3CCCC3c3ccc(C(F)(F)F)cc3F)c2F)C(F)C1. The lowest BCUT2D eigenvalue weighted by Gasteiger charge is -2.34. The van der Waals surface area contributed by atoms with Crippen molar-refractivity contribution in [3.8, 4) is 0 Å². The summed E-state index contributed by atoms with van der Waals surface area (Å²) in [5.74, 6) is -3.06. The van der Waals surface area contributed by atoms with Crippen LogP contribution in [0.15, 0.2) is 24.5 Å². The highest BCUT2D eigenvalue weighted by molar-refractivity contribution is 5.75. The Hall–Kier alpha value is -3.09.